The first-order chi connectivity index (χ1) is 10.2. The molecule has 1 heterocycles. The summed E-state index contributed by atoms with van der Waals surface area (Å²) in [7, 11) is 1.55. The SMILES string of the molecule is COc1ccc(C=O)cc1Cn1c(=O)oc2ccccc21. The second kappa shape index (κ2) is 5.28. The summed E-state index contributed by atoms with van der Waals surface area (Å²) in [6, 6.07) is 12.3. The molecule has 0 radical (unpaired) electrons. The number of nitrogens with zero attached hydrogens (tertiary/aromatic N) is 1. The molecular formula is C16H13NO4. The van der Waals surface area contributed by atoms with Gasteiger partial charge in [-0.1, -0.05) is 12.1 Å². The number of para-hydroxylation sites is 2. The van der Waals surface area contributed by atoms with Gasteiger partial charge in [0.2, 0.25) is 0 Å². The average molecular weight is 283 g/mol. The Kier molecular flexibility index (Phi) is 3.31. The van der Waals surface area contributed by atoms with Crippen LogP contribution in [0.4, 0.5) is 0 Å². The Balaban J connectivity index is 2.12. The van der Waals surface area contributed by atoms with E-state index >= 15 is 0 Å². The molecule has 0 atom stereocenters. The molecule has 0 fully saturated rings. The van der Waals surface area contributed by atoms with E-state index in [0.717, 1.165) is 11.8 Å². The first-order valence-corrected chi connectivity index (χ1v) is 6.43. The molecular weight excluding hydrogens is 270 g/mol. The Bertz CT molecular complexity index is 860. The molecule has 0 amide bonds. The predicted molar refractivity (Wildman–Crippen MR) is 78.0 cm³/mol. The molecule has 5 nitrogen and oxygen atoms in total. The fourth-order valence-corrected chi connectivity index (χ4v) is 2.33. The quantitative estimate of drug-likeness (QED) is 0.690. The number of rotatable bonds is 4. The number of hydrogen-bond donors (Lipinski definition) is 0. The Labute approximate surface area is 120 Å². The lowest BCUT2D eigenvalue weighted by atomic mass is 10.1. The highest BCUT2D eigenvalue weighted by Gasteiger charge is 2.12. The fourth-order valence-electron chi connectivity index (χ4n) is 2.33. The fraction of sp³-hybridized carbons (Fsp3) is 0.125. The third-order valence-electron chi connectivity index (χ3n) is 3.34. The van der Waals surface area contributed by atoms with Gasteiger partial charge in [-0.3, -0.25) is 9.36 Å². The highest BCUT2D eigenvalue weighted by molar-refractivity contribution is 5.76. The van der Waals surface area contributed by atoms with Gasteiger partial charge >= 0.3 is 5.76 Å². The largest absolute Gasteiger partial charge is 0.496 e. The minimum Gasteiger partial charge on any atom is -0.496 e. The molecule has 0 spiro atoms. The minimum atomic E-state index is -0.435. The van der Waals surface area contributed by atoms with Crippen molar-refractivity contribution < 1.29 is 13.9 Å². The number of hydrogen-bond acceptors (Lipinski definition) is 4. The summed E-state index contributed by atoms with van der Waals surface area (Å²) < 4.78 is 12.0. The number of aromatic nitrogens is 1. The van der Waals surface area contributed by atoms with Crippen LogP contribution in [0.3, 0.4) is 0 Å². The maximum atomic E-state index is 12.0. The van der Waals surface area contributed by atoms with Gasteiger partial charge in [-0.25, -0.2) is 4.79 Å². The Morgan fingerprint density at radius 3 is 2.81 bits per heavy atom. The summed E-state index contributed by atoms with van der Waals surface area (Å²) in [5.41, 5.74) is 2.52. The van der Waals surface area contributed by atoms with Crippen molar-refractivity contribution in [3.8, 4) is 5.75 Å². The highest BCUT2D eigenvalue weighted by Crippen LogP contribution is 2.22. The maximum absolute atomic E-state index is 12.0. The molecule has 0 unspecified atom stereocenters. The lowest BCUT2D eigenvalue weighted by molar-refractivity contribution is 0.112. The molecule has 21 heavy (non-hydrogen) atoms. The highest BCUT2D eigenvalue weighted by atomic mass is 16.5. The van der Waals surface area contributed by atoms with Crippen LogP contribution >= 0.6 is 0 Å². The third-order valence-corrected chi connectivity index (χ3v) is 3.34. The molecule has 3 rings (SSSR count). The summed E-state index contributed by atoms with van der Waals surface area (Å²) in [6.07, 6.45) is 0.763. The van der Waals surface area contributed by atoms with E-state index in [1.165, 1.54) is 4.57 Å². The van der Waals surface area contributed by atoms with Gasteiger partial charge in [-0.2, -0.15) is 0 Å². The molecule has 2 aromatic carbocycles. The summed E-state index contributed by atoms with van der Waals surface area (Å²) in [6.45, 7) is 0.278. The van der Waals surface area contributed by atoms with Crippen LogP contribution in [0.2, 0.25) is 0 Å². The van der Waals surface area contributed by atoms with E-state index in [4.69, 9.17) is 9.15 Å². The Morgan fingerprint density at radius 1 is 1.24 bits per heavy atom. The van der Waals surface area contributed by atoms with Crippen LogP contribution in [0.1, 0.15) is 15.9 Å². The van der Waals surface area contributed by atoms with Crippen molar-refractivity contribution in [3.05, 3.63) is 64.1 Å². The van der Waals surface area contributed by atoms with Crippen molar-refractivity contribution in [2.24, 2.45) is 0 Å². The van der Waals surface area contributed by atoms with Crippen molar-refractivity contribution >= 4 is 17.4 Å². The molecule has 0 saturated heterocycles. The number of fused-ring (bicyclic) bond motifs is 1. The van der Waals surface area contributed by atoms with Gasteiger partial charge < -0.3 is 9.15 Å². The predicted octanol–water partition coefficient (Wildman–Crippen LogP) is 2.46. The summed E-state index contributed by atoms with van der Waals surface area (Å²) in [5, 5.41) is 0. The summed E-state index contributed by atoms with van der Waals surface area (Å²) >= 11 is 0. The molecule has 0 saturated carbocycles. The Hall–Kier alpha value is -2.82. The van der Waals surface area contributed by atoms with Crippen LogP contribution in [0.5, 0.6) is 5.75 Å². The number of carbonyl (C=O) groups is 1. The molecule has 0 aliphatic carbocycles. The second-order valence-electron chi connectivity index (χ2n) is 4.61. The van der Waals surface area contributed by atoms with Crippen LogP contribution in [0.25, 0.3) is 11.1 Å². The van der Waals surface area contributed by atoms with E-state index in [1.54, 1.807) is 31.4 Å². The molecule has 1 aromatic heterocycles. The number of ether oxygens (including phenoxy) is 1. The second-order valence-corrected chi connectivity index (χ2v) is 4.61. The molecule has 0 N–H and O–H groups in total. The standard InChI is InChI=1S/C16H13NO4/c1-20-14-7-6-11(10-18)8-12(14)9-17-13-4-2-3-5-15(13)21-16(17)19/h2-8,10H,9H2,1H3. The number of methoxy groups -OCH3 is 1. The van der Waals surface area contributed by atoms with Gasteiger partial charge in [0.25, 0.3) is 0 Å². The van der Waals surface area contributed by atoms with Crippen LogP contribution in [0, 0.1) is 0 Å². The molecule has 0 bridgehead atoms. The first kappa shape index (κ1) is 13.2. The maximum Gasteiger partial charge on any atom is 0.420 e. The van der Waals surface area contributed by atoms with Crippen molar-refractivity contribution in [3.63, 3.8) is 0 Å². The van der Waals surface area contributed by atoms with Crippen molar-refractivity contribution in [2.45, 2.75) is 6.54 Å². The van der Waals surface area contributed by atoms with E-state index in [0.29, 0.717) is 22.4 Å². The Morgan fingerprint density at radius 2 is 2.05 bits per heavy atom. The molecule has 0 aliphatic heterocycles. The van der Waals surface area contributed by atoms with Gasteiger partial charge in [0, 0.05) is 11.1 Å². The van der Waals surface area contributed by atoms with Crippen molar-refractivity contribution in [1.82, 2.24) is 4.57 Å². The van der Waals surface area contributed by atoms with Crippen LogP contribution < -0.4 is 10.5 Å². The summed E-state index contributed by atoms with van der Waals surface area (Å²) in [5.74, 6) is 0.188. The number of carbonyl (C=O) groups excluding carboxylic acids is 1. The van der Waals surface area contributed by atoms with E-state index < -0.39 is 5.76 Å². The lowest BCUT2D eigenvalue weighted by Crippen LogP contribution is -2.15. The van der Waals surface area contributed by atoms with Gasteiger partial charge in [0.1, 0.15) is 12.0 Å². The van der Waals surface area contributed by atoms with Gasteiger partial charge in [-0.15, -0.1) is 0 Å². The van der Waals surface area contributed by atoms with E-state index in [-0.39, 0.29) is 6.54 Å². The molecule has 0 aliphatic rings. The topological polar surface area (TPSA) is 61.4 Å². The van der Waals surface area contributed by atoms with Crippen LogP contribution in [-0.4, -0.2) is 18.0 Å². The number of aldehydes is 1. The van der Waals surface area contributed by atoms with Gasteiger partial charge in [0.15, 0.2) is 5.58 Å². The average Bonchev–Trinajstić information content (AvgIpc) is 2.83. The van der Waals surface area contributed by atoms with Gasteiger partial charge in [0.05, 0.1) is 19.2 Å². The zero-order valence-electron chi connectivity index (χ0n) is 11.4. The molecule has 3 aromatic rings. The van der Waals surface area contributed by atoms with E-state index in [9.17, 15) is 9.59 Å². The monoisotopic (exact) mass is 283 g/mol. The number of benzene rings is 2. The molecule has 5 heteroatoms. The molecule has 106 valence electrons. The van der Waals surface area contributed by atoms with E-state index in [1.807, 2.05) is 18.2 Å². The minimum absolute atomic E-state index is 0.278. The number of oxazole rings is 1. The van der Waals surface area contributed by atoms with Crippen molar-refractivity contribution in [1.29, 1.82) is 0 Å². The first-order valence-electron chi connectivity index (χ1n) is 6.43. The normalized spacial score (nSPS) is 10.7. The third kappa shape index (κ3) is 2.33. The smallest absolute Gasteiger partial charge is 0.420 e. The summed E-state index contributed by atoms with van der Waals surface area (Å²) in [4.78, 5) is 22.9. The zero-order valence-corrected chi connectivity index (χ0v) is 11.4. The van der Waals surface area contributed by atoms with Crippen molar-refractivity contribution in [2.75, 3.05) is 7.11 Å². The lowest BCUT2D eigenvalue weighted by Gasteiger charge is -2.09. The van der Waals surface area contributed by atoms with Crippen LogP contribution in [0.15, 0.2) is 51.7 Å². The van der Waals surface area contributed by atoms with Gasteiger partial charge in [-0.05, 0) is 30.3 Å². The van der Waals surface area contributed by atoms with E-state index in [2.05, 4.69) is 0 Å². The zero-order chi connectivity index (χ0) is 14.8. The van der Waals surface area contributed by atoms with Crippen LogP contribution in [-0.2, 0) is 6.54 Å².